The second-order valence-corrected chi connectivity index (χ2v) is 14.6. The van der Waals surface area contributed by atoms with Crippen molar-refractivity contribution >= 4 is 57.3 Å². The molecular weight excluding hydrogens is 630 g/mol. The van der Waals surface area contributed by atoms with Crippen molar-refractivity contribution in [2.45, 2.75) is 58.2 Å². The lowest BCUT2D eigenvalue weighted by Crippen LogP contribution is -2.74. The summed E-state index contributed by atoms with van der Waals surface area (Å²) < 4.78 is 0. The highest BCUT2D eigenvalue weighted by atomic mass is 35.5. The van der Waals surface area contributed by atoms with Crippen LogP contribution in [0.1, 0.15) is 55.1 Å². The highest BCUT2D eigenvalue weighted by Gasteiger charge is 2.69. The Hall–Kier alpha value is -3.87. The van der Waals surface area contributed by atoms with Crippen LogP contribution in [0.5, 0.6) is 11.5 Å². The summed E-state index contributed by atoms with van der Waals surface area (Å²) in [6.07, 6.45) is 0.372. The zero-order valence-electron chi connectivity index (χ0n) is 27.0. The van der Waals surface area contributed by atoms with E-state index in [0.717, 1.165) is 0 Å². The van der Waals surface area contributed by atoms with E-state index in [2.05, 4.69) is 0 Å². The number of halogens is 1. The van der Waals surface area contributed by atoms with Gasteiger partial charge in [-0.3, -0.25) is 33.7 Å². The van der Waals surface area contributed by atoms with Crippen LogP contribution in [-0.4, -0.2) is 98.2 Å². The first-order valence-electron chi connectivity index (χ1n) is 15.6. The molecule has 12 nitrogen and oxygen atoms in total. The fourth-order valence-corrected chi connectivity index (χ4v) is 7.91. The molecule has 6 atom stereocenters. The molecule has 252 valence electrons. The first kappa shape index (κ1) is 34.5. The van der Waals surface area contributed by atoms with E-state index >= 15 is 0 Å². The Labute approximate surface area is 276 Å². The number of phenolic OH excluding ortho intramolecular Hbond substituents is 2. The van der Waals surface area contributed by atoms with Gasteiger partial charge in [-0.15, -0.1) is 11.6 Å². The van der Waals surface area contributed by atoms with Gasteiger partial charge in [-0.05, 0) is 50.9 Å². The number of carbonyl (C=O) groups is 6. The second-order valence-electron chi connectivity index (χ2n) is 14.2. The third-order valence-corrected chi connectivity index (χ3v) is 10.2. The molecule has 47 heavy (non-hydrogen) atoms. The predicted octanol–water partition coefficient (Wildman–Crippen LogP) is 1.73. The number of aliphatic hydroxyl groups is 1. The van der Waals surface area contributed by atoms with Crippen LogP contribution in [0.15, 0.2) is 18.2 Å². The highest BCUT2D eigenvalue weighted by Crippen LogP contribution is 2.53. The molecule has 0 saturated heterocycles. The van der Waals surface area contributed by atoms with Crippen molar-refractivity contribution in [3.63, 3.8) is 0 Å². The van der Waals surface area contributed by atoms with Crippen molar-refractivity contribution in [3.05, 3.63) is 34.9 Å². The molecule has 5 N–H and O–H groups in total. The van der Waals surface area contributed by atoms with E-state index in [1.807, 2.05) is 0 Å². The van der Waals surface area contributed by atoms with Gasteiger partial charge in [0.1, 0.15) is 11.5 Å². The van der Waals surface area contributed by atoms with Gasteiger partial charge < -0.3 is 26.0 Å². The van der Waals surface area contributed by atoms with Gasteiger partial charge in [0.05, 0.1) is 17.5 Å². The number of nitrogens with two attached hydrogens (primary N) is 1. The number of nitrogens with zero attached hydrogens (tertiary/aromatic N) is 2. The summed E-state index contributed by atoms with van der Waals surface area (Å²) in [5.74, 6) is -11.8. The quantitative estimate of drug-likeness (QED) is 0.191. The van der Waals surface area contributed by atoms with E-state index in [0.29, 0.717) is 24.4 Å². The Morgan fingerprint density at radius 3 is 2.28 bits per heavy atom. The van der Waals surface area contributed by atoms with Crippen molar-refractivity contribution in [2.75, 3.05) is 26.5 Å². The van der Waals surface area contributed by atoms with Gasteiger partial charge in [0, 0.05) is 46.6 Å². The zero-order valence-corrected chi connectivity index (χ0v) is 27.8. The van der Waals surface area contributed by atoms with Gasteiger partial charge in [0.2, 0.25) is 11.8 Å². The maximum absolute atomic E-state index is 14.1. The van der Waals surface area contributed by atoms with Crippen LogP contribution in [0.4, 0.5) is 0 Å². The molecule has 0 aliphatic heterocycles. The number of ketones is 4. The summed E-state index contributed by atoms with van der Waals surface area (Å²) in [4.78, 5) is 83.4. The Balaban J connectivity index is 1.59. The highest BCUT2D eigenvalue weighted by molar-refractivity contribution is 6.32. The van der Waals surface area contributed by atoms with Crippen molar-refractivity contribution in [1.29, 1.82) is 0 Å². The summed E-state index contributed by atoms with van der Waals surface area (Å²) >= 11 is 5.90. The molecule has 0 radical (unpaired) electrons. The number of aromatic hydroxyl groups is 2. The standard InChI is InChI=1S/C34H40ClN3O9/c1-33(2,3)32(46)38(10-6-9-35)14-15-7-8-17-18(11-15)26(40)22-19(25(17)39)12-16-13-20-24(37(4)5)28(42)23(31(36)45)30(44)34(20,47)29(43)21(16)27(22)41/h7-8,11,16,20-21,23-24,39-40,47H,6,9-10,12-14H2,1-5H3,(H2,36,45). The van der Waals surface area contributed by atoms with Crippen molar-refractivity contribution < 1.29 is 44.1 Å². The second kappa shape index (κ2) is 12.0. The number of Topliss-reactive ketones (excluding diaryl/α,β-unsaturated/α-hetero) is 4. The Morgan fingerprint density at radius 2 is 1.70 bits per heavy atom. The molecule has 2 aromatic carbocycles. The number of rotatable bonds is 7. The van der Waals surface area contributed by atoms with Crippen LogP contribution in [0.3, 0.4) is 0 Å². The number of carbonyl (C=O) groups excluding carboxylic acids is 6. The molecule has 13 heteroatoms. The normalized spacial score (nSPS) is 27.4. The molecule has 2 saturated carbocycles. The molecule has 0 heterocycles. The minimum atomic E-state index is -2.84. The van der Waals surface area contributed by atoms with Crippen LogP contribution in [0.2, 0.25) is 0 Å². The molecule has 0 spiro atoms. The van der Waals surface area contributed by atoms with Crippen LogP contribution in [0.25, 0.3) is 10.8 Å². The van der Waals surface area contributed by atoms with E-state index in [4.69, 9.17) is 17.3 Å². The van der Waals surface area contributed by atoms with Crippen LogP contribution in [-0.2, 0) is 36.9 Å². The van der Waals surface area contributed by atoms with Crippen LogP contribution in [0, 0.1) is 29.1 Å². The van der Waals surface area contributed by atoms with Crippen LogP contribution >= 0.6 is 11.6 Å². The fraction of sp³-hybridized carbons (Fsp3) is 0.529. The molecule has 3 aliphatic rings. The number of hydrogen-bond donors (Lipinski definition) is 4. The molecule has 0 bridgehead atoms. The third-order valence-electron chi connectivity index (χ3n) is 9.94. The number of phenols is 2. The number of amides is 2. The lowest BCUT2D eigenvalue weighted by atomic mass is 9.52. The van der Waals surface area contributed by atoms with E-state index in [1.54, 1.807) is 43.9 Å². The molecule has 3 aliphatic carbocycles. The number of hydrogen-bond acceptors (Lipinski definition) is 10. The Bertz CT molecular complexity index is 1730. The van der Waals surface area contributed by atoms with Gasteiger partial charge in [0.25, 0.3) is 0 Å². The monoisotopic (exact) mass is 669 g/mol. The third kappa shape index (κ3) is 5.30. The molecule has 2 aromatic rings. The van der Waals surface area contributed by atoms with E-state index in [9.17, 15) is 44.1 Å². The number of alkyl halides is 1. The summed E-state index contributed by atoms with van der Waals surface area (Å²) in [7, 11) is 3.02. The average Bonchev–Trinajstić information content (AvgIpc) is 2.98. The molecule has 2 amide bonds. The van der Waals surface area contributed by atoms with Crippen molar-refractivity contribution in [1.82, 2.24) is 9.80 Å². The van der Waals surface area contributed by atoms with Gasteiger partial charge in [-0.25, -0.2) is 0 Å². The predicted molar refractivity (Wildman–Crippen MR) is 171 cm³/mol. The number of fused-ring (bicyclic) bond motifs is 4. The maximum atomic E-state index is 14.1. The smallest absolute Gasteiger partial charge is 0.235 e. The average molecular weight is 670 g/mol. The van der Waals surface area contributed by atoms with Gasteiger partial charge >= 0.3 is 0 Å². The Kier molecular flexibility index (Phi) is 8.78. The lowest BCUT2D eigenvalue weighted by molar-refractivity contribution is -0.181. The molecule has 0 aromatic heterocycles. The number of likely N-dealkylation sites (N-methyl/N-ethyl adjacent to an activating group) is 1. The van der Waals surface area contributed by atoms with E-state index in [-0.39, 0.29) is 52.9 Å². The number of primary amides is 1. The molecule has 5 rings (SSSR count). The topological polar surface area (TPSA) is 196 Å². The SMILES string of the molecule is CN(C)C1C(=O)C(C(N)=O)C(=O)C2(O)C(=O)C3C(=O)c4c(c(O)c5ccc(CN(CCCCl)C(=O)C(C)(C)C)cc5c4O)CC3CC12. The maximum Gasteiger partial charge on any atom is 0.235 e. The lowest BCUT2D eigenvalue weighted by Gasteiger charge is -2.52. The van der Waals surface area contributed by atoms with Crippen LogP contribution < -0.4 is 5.73 Å². The summed E-state index contributed by atoms with van der Waals surface area (Å²) in [5.41, 5.74) is 2.28. The fourth-order valence-electron chi connectivity index (χ4n) is 7.79. The van der Waals surface area contributed by atoms with Crippen molar-refractivity contribution in [3.8, 4) is 11.5 Å². The van der Waals surface area contributed by atoms with E-state index in [1.165, 1.54) is 19.0 Å². The minimum absolute atomic E-state index is 0.0603. The summed E-state index contributed by atoms with van der Waals surface area (Å²) in [5, 5.41) is 35.1. The first-order chi connectivity index (χ1) is 21.9. The Morgan fingerprint density at radius 1 is 1.04 bits per heavy atom. The van der Waals surface area contributed by atoms with Gasteiger partial charge in [0.15, 0.2) is 34.7 Å². The van der Waals surface area contributed by atoms with Gasteiger partial charge in [-0.2, -0.15) is 0 Å². The van der Waals surface area contributed by atoms with Gasteiger partial charge in [-0.1, -0.05) is 32.9 Å². The number of benzene rings is 2. The minimum Gasteiger partial charge on any atom is -0.507 e. The summed E-state index contributed by atoms with van der Waals surface area (Å²) in [6.45, 7) is 5.97. The molecule has 2 fully saturated rings. The van der Waals surface area contributed by atoms with Crippen molar-refractivity contribution in [2.24, 2.45) is 34.8 Å². The molecular formula is C34H40ClN3O9. The molecule has 6 unspecified atom stereocenters. The first-order valence-corrected chi connectivity index (χ1v) is 16.1. The van der Waals surface area contributed by atoms with E-state index < -0.39 is 75.5 Å². The zero-order chi connectivity index (χ0) is 34.9. The largest absolute Gasteiger partial charge is 0.507 e. The summed E-state index contributed by atoms with van der Waals surface area (Å²) in [6, 6.07) is 3.65.